The zero-order valence-electron chi connectivity index (χ0n) is 34.4. The number of aromatic nitrogens is 5. The first-order valence-electron chi connectivity index (χ1n) is 20.6. The van der Waals surface area contributed by atoms with E-state index in [1.807, 2.05) is 56.1 Å². The van der Waals surface area contributed by atoms with Gasteiger partial charge in [0.25, 0.3) is 0 Å². The van der Waals surface area contributed by atoms with Gasteiger partial charge >= 0.3 is 12.2 Å². The molecule has 2 aliphatic heterocycles. The summed E-state index contributed by atoms with van der Waals surface area (Å²) in [5, 5.41) is 6.52. The number of nitrogens with one attached hydrogen (secondary N) is 5. The lowest BCUT2D eigenvalue weighted by atomic mass is 9.93. The van der Waals surface area contributed by atoms with E-state index in [-0.39, 0.29) is 29.7 Å². The third-order valence-corrected chi connectivity index (χ3v) is 12.6. The molecule has 8 rings (SSSR count). The number of fused-ring (bicyclic) bond motifs is 3. The number of carbonyl (C=O) groups excluding carboxylic acids is 4. The minimum Gasteiger partial charge on any atom is -0.453 e. The van der Waals surface area contributed by atoms with Crippen LogP contribution in [0.15, 0.2) is 61.1 Å². The monoisotopic (exact) mass is 803 g/mol. The molecule has 15 nitrogen and oxygen atoms in total. The van der Waals surface area contributed by atoms with Crippen LogP contribution in [-0.4, -0.2) is 98.1 Å². The molecule has 5 atom stereocenters. The van der Waals surface area contributed by atoms with Crippen molar-refractivity contribution in [1.82, 2.24) is 45.4 Å². The molecular weight excluding hydrogens is 751 g/mol. The Hall–Kier alpha value is -6.12. The first-order chi connectivity index (χ1) is 28.4. The number of rotatable bonds is 11. The number of amides is 4. The fourth-order valence-corrected chi connectivity index (χ4v) is 9.46. The van der Waals surface area contributed by atoms with Gasteiger partial charge in [-0.3, -0.25) is 9.59 Å². The van der Waals surface area contributed by atoms with Crippen molar-refractivity contribution in [2.75, 3.05) is 27.3 Å². The van der Waals surface area contributed by atoms with Crippen molar-refractivity contribution in [2.45, 2.75) is 83.5 Å². The maximum Gasteiger partial charge on any atom is 0.407 e. The SMILES string of the molecule is COC(=O)N[C@H](C(=O)N1CCC[C@H]1c1nc(-c2ccc(-c3ccc(-c4c[nH]c(C56CCC(CN5C(=O)[C@@H](NC(=O)OC)C(C)C)C6)n4)c4[nH]ccc34)cc2)c[nH]1)C(C)C. The number of carbonyl (C=O) groups is 4. The number of methoxy groups -OCH3 is 2. The normalized spacial score (nSPS) is 21.0. The maximum atomic E-state index is 14.0. The smallest absolute Gasteiger partial charge is 0.407 e. The van der Waals surface area contributed by atoms with Crippen LogP contribution >= 0.6 is 0 Å². The molecule has 3 aromatic heterocycles. The summed E-state index contributed by atoms with van der Waals surface area (Å²) in [5.74, 6) is 1.38. The molecular formula is C44H53N9O6. The average molecular weight is 804 g/mol. The lowest BCUT2D eigenvalue weighted by Gasteiger charge is -2.40. The number of piperidine rings is 1. The van der Waals surface area contributed by atoms with Crippen LogP contribution in [0.25, 0.3) is 44.5 Å². The highest BCUT2D eigenvalue weighted by Crippen LogP contribution is 2.52. The minimum atomic E-state index is -0.702. The van der Waals surface area contributed by atoms with Gasteiger partial charge in [-0.25, -0.2) is 19.6 Å². The van der Waals surface area contributed by atoms with Crippen LogP contribution in [0.3, 0.4) is 0 Å². The lowest BCUT2D eigenvalue weighted by Crippen LogP contribution is -2.56. The van der Waals surface area contributed by atoms with Gasteiger partial charge in [0, 0.05) is 48.2 Å². The fourth-order valence-electron chi connectivity index (χ4n) is 9.46. The van der Waals surface area contributed by atoms with E-state index in [4.69, 9.17) is 19.4 Å². The Labute approximate surface area is 343 Å². The lowest BCUT2D eigenvalue weighted by molar-refractivity contribution is -0.140. The summed E-state index contributed by atoms with van der Waals surface area (Å²) < 4.78 is 9.61. The first-order valence-corrected chi connectivity index (χ1v) is 20.6. The van der Waals surface area contributed by atoms with Gasteiger partial charge in [-0.15, -0.1) is 0 Å². The van der Waals surface area contributed by atoms with E-state index < -0.39 is 29.8 Å². The second kappa shape index (κ2) is 15.9. The number of benzene rings is 2. The fraction of sp³-hybridized carbons (Fsp3) is 0.455. The summed E-state index contributed by atoms with van der Waals surface area (Å²) in [6.45, 7) is 8.87. The summed E-state index contributed by atoms with van der Waals surface area (Å²) in [6.07, 6.45) is 8.77. The third kappa shape index (κ3) is 7.20. The van der Waals surface area contributed by atoms with Gasteiger partial charge in [0.1, 0.15) is 29.3 Å². The number of nitrogens with zero attached hydrogens (tertiary/aromatic N) is 4. The van der Waals surface area contributed by atoms with Gasteiger partial charge in [0.05, 0.1) is 37.2 Å². The molecule has 3 aliphatic rings. The average Bonchev–Trinajstić information content (AvgIpc) is 4.10. The Morgan fingerprint density at radius 3 is 2.12 bits per heavy atom. The summed E-state index contributed by atoms with van der Waals surface area (Å²) in [4.78, 5) is 75.9. The molecule has 5 heterocycles. The van der Waals surface area contributed by atoms with Crippen LogP contribution in [-0.2, 0) is 24.6 Å². The molecule has 4 amide bonds. The Balaban J connectivity index is 1.01. The predicted molar refractivity (Wildman–Crippen MR) is 222 cm³/mol. The topological polar surface area (TPSA) is 190 Å². The van der Waals surface area contributed by atoms with Crippen LogP contribution in [0.4, 0.5) is 9.59 Å². The second-order valence-corrected chi connectivity index (χ2v) is 16.8. The number of aromatic amines is 3. The molecule has 2 saturated heterocycles. The summed E-state index contributed by atoms with van der Waals surface area (Å²) in [7, 11) is 2.59. The molecule has 2 bridgehead atoms. The number of imidazole rings is 2. The molecule has 1 aliphatic carbocycles. The van der Waals surface area contributed by atoms with Crippen molar-refractivity contribution in [3.05, 3.63) is 72.7 Å². The summed E-state index contributed by atoms with van der Waals surface area (Å²) in [5.41, 5.74) is 5.97. The van der Waals surface area contributed by atoms with Crippen molar-refractivity contribution >= 4 is 34.9 Å². The van der Waals surface area contributed by atoms with Crippen LogP contribution in [0.1, 0.15) is 77.5 Å². The van der Waals surface area contributed by atoms with Crippen LogP contribution in [0.5, 0.6) is 0 Å². The van der Waals surface area contributed by atoms with E-state index in [0.29, 0.717) is 19.0 Å². The van der Waals surface area contributed by atoms with Gasteiger partial charge in [-0.05, 0) is 73.1 Å². The molecule has 5 N–H and O–H groups in total. The molecule has 3 fully saturated rings. The first kappa shape index (κ1) is 39.7. The van der Waals surface area contributed by atoms with E-state index >= 15 is 0 Å². The van der Waals surface area contributed by atoms with Gasteiger partial charge in [0.2, 0.25) is 11.8 Å². The van der Waals surface area contributed by atoms with Crippen molar-refractivity contribution in [1.29, 1.82) is 0 Å². The molecule has 5 aromatic rings. The molecule has 2 unspecified atom stereocenters. The van der Waals surface area contributed by atoms with E-state index in [2.05, 4.69) is 68.1 Å². The molecule has 310 valence electrons. The van der Waals surface area contributed by atoms with E-state index in [1.54, 1.807) is 0 Å². The second-order valence-electron chi connectivity index (χ2n) is 16.8. The largest absolute Gasteiger partial charge is 0.453 e. The van der Waals surface area contributed by atoms with Crippen LogP contribution < -0.4 is 10.6 Å². The Morgan fingerprint density at radius 1 is 0.780 bits per heavy atom. The van der Waals surface area contributed by atoms with Crippen molar-refractivity contribution in [2.24, 2.45) is 17.8 Å². The van der Waals surface area contributed by atoms with Crippen molar-refractivity contribution in [3.63, 3.8) is 0 Å². The van der Waals surface area contributed by atoms with Gasteiger partial charge < -0.3 is 44.9 Å². The van der Waals surface area contributed by atoms with Crippen LogP contribution in [0.2, 0.25) is 0 Å². The standard InChI is InChI=1S/C44H53N9O6/c1-24(2)35(50-42(56)58-5)39(54)52-19-7-8-34(52)38-46-21-32(48-38)28-11-9-27(10-12-28)29-13-14-31(37-30(29)16-18-45-37)33-22-47-41(49-33)44-17-15-26(20-44)23-53(44)40(55)36(25(3)4)51-43(57)59-6/h9-14,16,18,21-22,24-26,34-36,45H,7-8,15,17,19-20,23H2,1-6H3,(H,46,48)(H,47,49)(H,50,56)(H,51,57)/t26?,34-,35-,36-,44?/m0/s1. The van der Waals surface area contributed by atoms with Crippen molar-refractivity contribution < 1.29 is 28.7 Å². The summed E-state index contributed by atoms with van der Waals surface area (Å²) in [6, 6.07) is 13.0. The minimum absolute atomic E-state index is 0.111. The number of hydrogen-bond acceptors (Lipinski definition) is 8. The molecule has 2 aromatic carbocycles. The highest BCUT2D eigenvalue weighted by atomic mass is 16.5. The van der Waals surface area contributed by atoms with E-state index in [1.165, 1.54) is 14.2 Å². The number of likely N-dealkylation sites (tertiary alicyclic amines) is 2. The van der Waals surface area contributed by atoms with Crippen molar-refractivity contribution in [3.8, 4) is 33.6 Å². The molecule has 1 saturated carbocycles. The zero-order valence-corrected chi connectivity index (χ0v) is 34.4. The highest BCUT2D eigenvalue weighted by molar-refractivity contribution is 6.02. The highest BCUT2D eigenvalue weighted by Gasteiger charge is 2.56. The number of ether oxygens (including phenoxy) is 2. The maximum absolute atomic E-state index is 14.0. The quantitative estimate of drug-likeness (QED) is 0.0955. The molecule has 59 heavy (non-hydrogen) atoms. The van der Waals surface area contributed by atoms with Crippen LogP contribution in [0, 0.1) is 17.8 Å². The van der Waals surface area contributed by atoms with Gasteiger partial charge in [-0.1, -0.05) is 58.0 Å². The Kier molecular flexibility index (Phi) is 10.7. The Bertz CT molecular complexity index is 2360. The van der Waals surface area contributed by atoms with E-state index in [0.717, 1.165) is 88.3 Å². The van der Waals surface area contributed by atoms with Gasteiger partial charge in [-0.2, -0.15) is 0 Å². The molecule has 15 heteroatoms. The zero-order chi connectivity index (χ0) is 41.6. The third-order valence-electron chi connectivity index (χ3n) is 12.6. The van der Waals surface area contributed by atoms with Gasteiger partial charge in [0.15, 0.2) is 0 Å². The Morgan fingerprint density at radius 2 is 1.44 bits per heavy atom. The molecule has 0 radical (unpaired) electrons. The number of H-pyrrole nitrogens is 3. The predicted octanol–water partition coefficient (Wildman–Crippen LogP) is 6.88. The number of hydrogen-bond donors (Lipinski definition) is 5. The summed E-state index contributed by atoms with van der Waals surface area (Å²) >= 11 is 0. The number of alkyl carbamates (subject to hydrolysis) is 2. The molecule has 0 spiro atoms. The van der Waals surface area contributed by atoms with E-state index in [9.17, 15) is 19.2 Å².